The maximum Gasteiger partial charge on any atom is 0.416 e. The van der Waals surface area contributed by atoms with Gasteiger partial charge in [0.25, 0.3) is 0 Å². The first-order valence-electron chi connectivity index (χ1n) is 6.90. The van der Waals surface area contributed by atoms with Gasteiger partial charge in [-0.05, 0) is 30.5 Å². The van der Waals surface area contributed by atoms with Gasteiger partial charge in [0.15, 0.2) is 0 Å². The van der Waals surface area contributed by atoms with E-state index in [-0.39, 0.29) is 11.8 Å². The summed E-state index contributed by atoms with van der Waals surface area (Å²) in [4.78, 5) is 11.9. The van der Waals surface area contributed by atoms with E-state index >= 15 is 0 Å². The topological polar surface area (TPSA) is 55.1 Å². The van der Waals surface area contributed by atoms with Gasteiger partial charge in [0.2, 0.25) is 5.91 Å². The van der Waals surface area contributed by atoms with E-state index in [1.807, 2.05) is 13.8 Å². The van der Waals surface area contributed by atoms with Crippen LogP contribution in [0.4, 0.5) is 13.2 Å². The van der Waals surface area contributed by atoms with Crippen molar-refractivity contribution in [2.75, 3.05) is 0 Å². The van der Waals surface area contributed by atoms with Gasteiger partial charge in [0.1, 0.15) is 0 Å². The third kappa shape index (κ3) is 4.74. The predicted molar refractivity (Wildman–Crippen MR) is 75.4 cm³/mol. The Morgan fingerprint density at radius 2 is 1.76 bits per heavy atom. The van der Waals surface area contributed by atoms with E-state index in [9.17, 15) is 18.0 Å². The fourth-order valence-corrected chi connectivity index (χ4v) is 1.87. The van der Waals surface area contributed by atoms with E-state index in [0.29, 0.717) is 5.56 Å². The molecule has 6 heteroatoms. The molecule has 0 aliphatic heterocycles. The number of alkyl halides is 3. The Morgan fingerprint density at radius 3 is 2.19 bits per heavy atom. The number of hydrogen-bond donors (Lipinski definition) is 2. The van der Waals surface area contributed by atoms with E-state index in [1.54, 1.807) is 6.92 Å². The first-order valence-corrected chi connectivity index (χ1v) is 6.90. The van der Waals surface area contributed by atoms with Crippen molar-refractivity contribution in [1.82, 2.24) is 5.32 Å². The Kier molecular flexibility index (Phi) is 5.78. The smallest absolute Gasteiger partial charge is 0.348 e. The Balaban J connectivity index is 2.72. The van der Waals surface area contributed by atoms with Crippen LogP contribution in [0.25, 0.3) is 0 Å². The van der Waals surface area contributed by atoms with Crippen LogP contribution >= 0.6 is 0 Å². The Hall–Kier alpha value is -1.56. The second kappa shape index (κ2) is 6.93. The maximum atomic E-state index is 12.5. The summed E-state index contributed by atoms with van der Waals surface area (Å²) >= 11 is 0. The lowest BCUT2D eigenvalue weighted by Crippen LogP contribution is -2.45. The molecular weight excluding hydrogens is 281 g/mol. The first-order chi connectivity index (χ1) is 9.66. The van der Waals surface area contributed by atoms with Gasteiger partial charge in [-0.3, -0.25) is 4.79 Å². The third-order valence-electron chi connectivity index (χ3n) is 3.66. The van der Waals surface area contributed by atoms with Crippen molar-refractivity contribution in [3.05, 3.63) is 35.4 Å². The van der Waals surface area contributed by atoms with E-state index in [0.717, 1.165) is 18.6 Å². The zero-order chi connectivity index (χ0) is 16.2. The molecule has 3 N–H and O–H groups in total. The molecule has 0 bridgehead atoms. The van der Waals surface area contributed by atoms with Gasteiger partial charge in [-0.1, -0.05) is 32.4 Å². The van der Waals surface area contributed by atoms with Gasteiger partial charge < -0.3 is 11.1 Å². The number of halogens is 3. The third-order valence-corrected chi connectivity index (χ3v) is 3.66. The number of benzene rings is 1. The summed E-state index contributed by atoms with van der Waals surface area (Å²) in [5.74, 6) is -0.249. The highest BCUT2D eigenvalue weighted by molar-refractivity contribution is 5.82. The zero-order valence-electron chi connectivity index (χ0n) is 12.4. The van der Waals surface area contributed by atoms with Crippen molar-refractivity contribution >= 4 is 5.91 Å². The molecule has 0 fully saturated rings. The molecule has 0 aromatic heterocycles. The van der Waals surface area contributed by atoms with Crippen LogP contribution in [-0.4, -0.2) is 11.9 Å². The minimum Gasteiger partial charge on any atom is -0.348 e. The largest absolute Gasteiger partial charge is 0.416 e. The van der Waals surface area contributed by atoms with Crippen LogP contribution in [-0.2, 0) is 11.0 Å². The van der Waals surface area contributed by atoms with Crippen LogP contribution in [0.3, 0.4) is 0 Å². The lowest BCUT2D eigenvalue weighted by Gasteiger charge is -2.21. The average molecular weight is 302 g/mol. The van der Waals surface area contributed by atoms with E-state index in [1.165, 1.54) is 12.1 Å². The molecule has 0 heterocycles. The van der Waals surface area contributed by atoms with Gasteiger partial charge in [0.05, 0.1) is 17.6 Å². The fraction of sp³-hybridized carbons (Fsp3) is 0.533. The Morgan fingerprint density at radius 1 is 1.24 bits per heavy atom. The van der Waals surface area contributed by atoms with E-state index < -0.39 is 23.8 Å². The predicted octanol–water partition coefficient (Wildman–Crippen LogP) is 3.26. The molecule has 1 aromatic carbocycles. The highest BCUT2D eigenvalue weighted by atomic mass is 19.4. The molecule has 1 unspecified atom stereocenters. The summed E-state index contributed by atoms with van der Waals surface area (Å²) in [5.41, 5.74) is 5.72. The average Bonchev–Trinajstić information content (AvgIpc) is 2.44. The quantitative estimate of drug-likeness (QED) is 0.877. The van der Waals surface area contributed by atoms with Gasteiger partial charge in [-0.25, -0.2) is 0 Å². The lowest BCUT2D eigenvalue weighted by atomic mass is 9.98. The van der Waals surface area contributed by atoms with Crippen molar-refractivity contribution in [2.24, 2.45) is 11.7 Å². The molecular formula is C15H21F3N2O. The van der Waals surface area contributed by atoms with Crippen LogP contribution in [0.2, 0.25) is 0 Å². The van der Waals surface area contributed by atoms with Crippen LogP contribution in [0.1, 0.15) is 44.4 Å². The van der Waals surface area contributed by atoms with Crippen LogP contribution in [0.15, 0.2) is 24.3 Å². The van der Waals surface area contributed by atoms with Crippen LogP contribution < -0.4 is 11.1 Å². The molecule has 0 radical (unpaired) electrons. The maximum absolute atomic E-state index is 12.5. The molecule has 0 saturated carbocycles. The minimum atomic E-state index is -4.36. The fourth-order valence-electron chi connectivity index (χ4n) is 1.87. The summed E-state index contributed by atoms with van der Waals surface area (Å²) in [5, 5.41) is 2.72. The Labute approximate surface area is 122 Å². The minimum absolute atomic E-state index is 0.0461. The van der Waals surface area contributed by atoms with E-state index in [2.05, 4.69) is 5.32 Å². The Bertz CT molecular complexity index is 471. The zero-order valence-corrected chi connectivity index (χ0v) is 12.4. The van der Waals surface area contributed by atoms with Crippen LogP contribution in [0, 0.1) is 5.92 Å². The summed E-state index contributed by atoms with van der Waals surface area (Å²) in [6, 6.07) is 3.73. The number of nitrogens with two attached hydrogens (primary N) is 1. The summed E-state index contributed by atoms with van der Waals surface area (Å²) in [6.07, 6.45) is -3.58. The summed E-state index contributed by atoms with van der Waals surface area (Å²) < 4.78 is 37.4. The van der Waals surface area contributed by atoms with Gasteiger partial charge >= 0.3 is 6.18 Å². The number of rotatable bonds is 5. The standard InChI is InChI=1S/C15H21F3N2O/c1-4-9(2)13(19)14(21)20-10(3)11-5-7-12(8-6-11)15(16,17)18/h5-10,13H,4,19H2,1-3H3,(H,20,21)/t9-,10?,13-/m0/s1. The summed E-state index contributed by atoms with van der Waals surface area (Å²) in [6.45, 7) is 5.54. The highest BCUT2D eigenvalue weighted by Crippen LogP contribution is 2.29. The van der Waals surface area contributed by atoms with Crippen molar-refractivity contribution in [1.29, 1.82) is 0 Å². The number of carbonyl (C=O) groups excluding carboxylic acids is 1. The number of carbonyl (C=O) groups is 1. The summed E-state index contributed by atoms with van der Waals surface area (Å²) in [7, 11) is 0. The van der Waals surface area contributed by atoms with Crippen molar-refractivity contribution < 1.29 is 18.0 Å². The second-order valence-electron chi connectivity index (χ2n) is 5.26. The molecule has 0 spiro atoms. The monoisotopic (exact) mass is 302 g/mol. The van der Waals surface area contributed by atoms with Gasteiger partial charge in [-0.2, -0.15) is 13.2 Å². The van der Waals surface area contributed by atoms with E-state index in [4.69, 9.17) is 5.73 Å². The second-order valence-corrected chi connectivity index (χ2v) is 5.26. The molecule has 3 atom stereocenters. The normalized spacial score (nSPS) is 16.1. The van der Waals surface area contributed by atoms with Gasteiger partial charge in [0, 0.05) is 0 Å². The molecule has 21 heavy (non-hydrogen) atoms. The molecule has 118 valence electrons. The molecule has 0 saturated heterocycles. The van der Waals surface area contributed by atoms with Crippen LogP contribution in [0.5, 0.6) is 0 Å². The van der Waals surface area contributed by atoms with Gasteiger partial charge in [-0.15, -0.1) is 0 Å². The SMILES string of the molecule is CC[C@H](C)[C@H](N)C(=O)NC(C)c1ccc(C(F)(F)F)cc1. The highest BCUT2D eigenvalue weighted by Gasteiger charge is 2.30. The molecule has 3 nitrogen and oxygen atoms in total. The van der Waals surface area contributed by atoms with Crippen molar-refractivity contribution in [2.45, 2.75) is 45.5 Å². The number of nitrogens with one attached hydrogen (secondary N) is 1. The molecule has 1 aromatic rings. The molecule has 1 amide bonds. The molecule has 0 aliphatic carbocycles. The molecule has 1 rings (SSSR count). The number of hydrogen-bond acceptors (Lipinski definition) is 2. The van der Waals surface area contributed by atoms with Crippen molar-refractivity contribution in [3.8, 4) is 0 Å². The van der Waals surface area contributed by atoms with Crippen molar-refractivity contribution in [3.63, 3.8) is 0 Å². The lowest BCUT2D eigenvalue weighted by molar-refractivity contribution is -0.137. The molecule has 0 aliphatic rings. The number of amides is 1. The first kappa shape index (κ1) is 17.5.